The Balaban J connectivity index is 1.30. The lowest BCUT2D eigenvalue weighted by Gasteiger charge is -2.50. The number of likely N-dealkylation sites (tertiary alicyclic amines) is 1. The molecule has 6 unspecified atom stereocenters. The predicted octanol–water partition coefficient (Wildman–Crippen LogP) is 4.15. The van der Waals surface area contributed by atoms with Gasteiger partial charge in [0.05, 0.1) is 43.3 Å². The molecule has 1 saturated carbocycles. The van der Waals surface area contributed by atoms with Gasteiger partial charge in [0.15, 0.2) is 9.75 Å². The van der Waals surface area contributed by atoms with Crippen molar-refractivity contribution in [3.8, 4) is 11.5 Å². The third kappa shape index (κ3) is 4.23. The second-order valence-corrected chi connectivity index (χ2v) is 13.8. The van der Waals surface area contributed by atoms with Crippen molar-refractivity contribution < 1.29 is 33.8 Å². The van der Waals surface area contributed by atoms with Crippen molar-refractivity contribution >= 4 is 74.1 Å². The Bertz CT molecular complexity index is 1650. The lowest BCUT2D eigenvalue weighted by Crippen LogP contribution is -2.60. The number of imide groups is 2. The summed E-state index contributed by atoms with van der Waals surface area (Å²) in [4.78, 5) is 56.3. The Morgan fingerprint density at radius 1 is 0.978 bits per heavy atom. The van der Waals surface area contributed by atoms with Gasteiger partial charge in [0.25, 0.3) is 11.8 Å². The fourth-order valence-electron chi connectivity index (χ4n) is 7.88. The number of nitrogens with zero attached hydrogens (tertiary/aromatic N) is 3. The van der Waals surface area contributed by atoms with Gasteiger partial charge in [0, 0.05) is 36.3 Å². The zero-order chi connectivity index (χ0) is 31.8. The standard InChI is InChI=1S/C32H30BrCl2N3O7/c1-44-19-6-7-21(24(39)14-19)26-20-8-9-22-25(23(20)15-31(34)29(42)37(16-33)30(43)32(26,31)35)28(41)38(27(22)40)18-4-2-17(3-5-18)36-10-12-45-13-11-36/h2-8,14,22-23,25-26,39H,9-13,15-16H2,1H3. The van der Waals surface area contributed by atoms with Crippen molar-refractivity contribution in [1.82, 2.24) is 4.90 Å². The maximum atomic E-state index is 14.3. The SMILES string of the molecule is COc1ccc(C2C3=CCC4C(=O)N(c5ccc(N6CCOCC6)cc5)C(=O)C4C3CC3(Cl)C(=O)N(CBr)C(=O)C23Cl)c(O)c1. The average molecular weight is 719 g/mol. The Morgan fingerprint density at radius 3 is 2.31 bits per heavy atom. The normalized spacial score (nSPS) is 32.8. The van der Waals surface area contributed by atoms with Gasteiger partial charge in [0.2, 0.25) is 11.8 Å². The number of hydrogen-bond donors (Lipinski definition) is 1. The van der Waals surface area contributed by atoms with Crippen LogP contribution in [-0.2, 0) is 23.9 Å². The molecule has 0 bridgehead atoms. The van der Waals surface area contributed by atoms with E-state index in [1.165, 1.54) is 18.1 Å². The number of carbonyl (C=O) groups excluding carboxylic acids is 4. The molecule has 6 atom stereocenters. The van der Waals surface area contributed by atoms with Crippen LogP contribution < -0.4 is 14.5 Å². The van der Waals surface area contributed by atoms with E-state index in [4.69, 9.17) is 32.7 Å². The van der Waals surface area contributed by atoms with Crippen LogP contribution in [0.25, 0.3) is 0 Å². The molecule has 4 amide bonds. The van der Waals surface area contributed by atoms with Gasteiger partial charge in [-0.15, -0.1) is 23.2 Å². The minimum absolute atomic E-state index is 0.129. The molecule has 2 aromatic rings. The third-order valence-corrected chi connectivity index (χ3v) is 12.0. The van der Waals surface area contributed by atoms with Gasteiger partial charge in [-0.1, -0.05) is 33.6 Å². The number of anilines is 2. The summed E-state index contributed by atoms with van der Waals surface area (Å²) < 4.78 is 10.7. The maximum Gasteiger partial charge on any atom is 0.254 e. The van der Waals surface area contributed by atoms with Crippen molar-refractivity contribution in [2.45, 2.75) is 28.5 Å². The zero-order valence-electron chi connectivity index (χ0n) is 24.3. The highest BCUT2D eigenvalue weighted by Gasteiger charge is 2.76. The average Bonchev–Trinajstić information content (AvgIpc) is 3.39. The van der Waals surface area contributed by atoms with Crippen LogP contribution in [0.1, 0.15) is 24.3 Å². The van der Waals surface area contributed by atoms with Gasteiger partial charge >= 0.3 is 0 Å². The Kier molecular flexibility index (Phi) is 7.46. The summed E-state index contributed by atoms with van der Waals surface area (Å²) in [7, 11) is 1.46. The Labute approximate surface area is 277 Å². The molecular weight excluding hydrogens is 689 g/mol. The quantitative estimate of drug-likeness (QED) is 0.212. The van der Waals surface area contributed by atoms with Gasteiger partial charge in [-0.25, -0.2) is 0 Å². The lowest BCUT2D eigenvalue weighted by molar-refractivity contribution is -0.138. The van der Waals surface area contributed by atoms with Crippen LogP contribution in [-0.4, -0.2) is 82.3 Å². The van der Waals surface area contributed by atoms with E-state index in [2.05, 4.69) is 20.8 Å². The van der Waals surface area contributed by atoms with Gasteiger partial charge < -0.3 is 19.5 Å². The molecular formula is C32H30BrCl2N3O7. The summed E-state index contributed by atoms with van der Waals surface area (Å²) in [5.41, 5.74) is 2.18. The number of rotatable bonds is 5. The highest BCUT2D eigenvalue weighted by atomic mass is 79.9. The van der Waals surface area contributed by atoms with E-state index >= 15 is 0 Å². The fraction of sp³-hybridized carbons (Fsp3) is 0.438. The molecule has 0 aromatic heterocycles. The van der Waals surface area contributed by atoms with Gasteiger partial charge in [-0.2, -0.15) is 0 Å². The number of morpholine rings is 1. The number of ether oxygens (including phenoxy) is 2. The van der Waals surface area contributed by atoms with E-state index in [-0.39, 0.29) is 35.5 Å². The first kappa shape index (κ1) is 30.5. The number of benzene rings is 2. The van der Waals surface area contributed by atoms with E-state index in [1.807, 2.05) is 18.2 Å². The first-order chi connectivity index (χ1) is 21.6. The second-order valence-electron chi connectivity index (χ2n) is 12.0. The predicted molar refractivity (Wildman–Crippen MR) is 170 cm³/mol. The minimum atomic E-state index is -2.00. The van der Waals surface area contributed by atoms with Crippen molar-refractivity contribution in [3.63, 3.8) is 0 Å². The molecule has 13 heteroatoms. The van der Waals surface area contributed by atoms with Crippen LogP contribution in [0.2, 0.25) is 0 Å². The zero-order valence-corrected chi connectivity index (χ0v) is 27.3. The monoisotopic (exact) mass is 717 g/mol. The van der Waals surface area contributed by atoms with E-state index in [9.17, 15) is 24.3 Å². The largest absolute Gasteiger partial charge is 0.508 e. The molecule has 3 aliphatic heterocycles. The van der Waals surface area contributed by atoms with Crippen molar-refractivity contribution in [2.75, 3.05) is 48.7 Å². The number of phenolic OH excluding ortho intramolecular Hbond substituents is 1. The molecule has 2 aromatic carbocycles. The number of carbonyl (C=O) groups is 4. The van der Waals surface area contributed by atoms with E-state index in [1.54, 1.807) is 24.3 Å². The molecule has 0 spiro atoms. The van der Waals surface area contributed by atoms with Crippen LogP contribution in [0.3, 0.4) is 0 Å². The first-order valence-corrected chi connectivity index (χ1v) is 16.6. The molecule has 2 aliphatic carbocycles. The molecule has 7 rings (SSSR count). The molecule has 4 fully saturated rings. The summed E-state index contributed by atoms with van der Waals surface area (Å²) in [6.07, 6.45) is 1.93. The first-order valence-electron chi connectivity index (χ1n) is 14.7. The third-order valence-electron chi connectivity index (χ3n) is 10.0. The van der Waals surface area contributed by atoms with Crippen molar-refractivity contribution in [2.24, 2.45) is 17.8 Å². The smallest absolute Gasteiger partial charge is 0.254 e. The van der Waals surface area contributed by atoms with Crippen LogP contribution >= 0.6 is 39.1 Å². The summed E-state index contributed by atoms with van der Waals surface area (Å²) >= 11 is 17.7. The fourth-order valence-corrected chi connectivity index (χ4v) is 9.30. The number of aromatic hydroxyl groups is 1. The molecule has 5 aliphatic rings. The molecule has 45 heavy (non-hydrogen) atoms. The number of alkyl halides is 3. The van der Waals surface area contributed by atoms with Gasteiger partial charge in [-0.05, 0) is 49.1 Å². The molecule has 10 nitrogen and oxygen atoms in total. The second kappa shape index (κ2) is 11.0. The number of hydrogen-bond acceptors (Lipinski definition) is 8. The van der Waals surface area contributed by atoms with Crippen LogP contribution in [0, 0.1) is 17.8 Å². The van der Waals surface area contributed by atoms with Crippen LogP contribution in [0.5, 0.6) is 11.5 Å². The number of phenols is 1. The highest BCUT2D eigenvalue weighted by Crippen LogP contribution is 2.66. The number of allylic oxidation sites excluding steroid dienone is 2. The van der Waals surface area contributed by atoms with E-state index in [0.717, 1.165) is 23.7 Å². The molecule has 1 N–H and O–H groups in total. The van der Waals surface area contributed by atoms with Crippen LogP contribution in [0.4, 0.5) is 11.4 Å². The maximum absolute atomic E-state index is 14.3. The molecule has 3 heterocycles. The Morgan fingerprint density at radius 2 is 1.67 bits per heavy atom. The van der Waals surface area contributed by atoms with E-state index < -0.39 is 51.1 Å². The summed E-state index contributed by atoms with van der Waals surface area (Å²) in [6.45, 7) is 2.77. The number of methoxy groups -OCH3 is 1. The van der Waals surface area contributed by atoms with Crippen LogP contribution in [0.15, 0.2) is 54.1 Å². The minimum Gasteiger partial charge on any atom is -0.508 e. The van der Waals surface area contributed by atoms with Gasteiger partial charge in [0.1, 0.15) is 11.5 Å². The Hall–Kier alpha value is -3.12. The highest BCUT2D eigenvalue weighted by molar-refractivity contribution is 9.09. The summed E-state index contributed by atoms with van der Waals surface area (Å²) in [6, 6.07) is 11.9. The number of fused-ring (bicyclic) bond motifs is 4. The van der Waals surface area contributed by atoms with Crippen molar-refractivity contribution in [3.05, 3.63) is 59.7 Å². The number of halogens is 3. The molecule has 0 radical (unpaired) electrons. The summed E-state index contributed by atoms with van der Waals surface area (Å²) in [5.74, 6) is -5.20. The topological polar surface area (TPSA) is 117 Å². The molecule has 3 saturated heterocycles. The lowest BCUT2D eigenvalue weighted by atomic mass is 9.56. The summed E-state index contributed by atoms with van der Waals surface area (Å²) in [5, 5.41) is 11.2. The van der Waals surface area contributed by atoms with Crippen molar-refractivity contribution in [1.29, 1.82) is 0 Å². The van der Waals surface area contributed by atoms with E-state index in [0.29, 0.717) is 30.2 Å². The van der Waals surface area contributed by atoms with Gasteiger partial charge in [-0.3, -0.25) is 29.0 Å². The molecule has 236 valence electrons. The number of amides is 4.